The van der Waals surface area contributed by atoms with Crippen LogP contribution in [-0.4, -0.2) is 42.4 Å². The molecule has 0 bridgehead atoms. The van der Waals surface area contributed by atoms with Crippen LogP contribution in [0.1, 0.15) is 5.56 Å². The number of pyridine rings is 1. The first-order chi connectivity index (χ1) is 12.3. The second-order valence-corrected chi connectivity index (χ2v) is 8.18. The smallest absolute Gasteiger partial charge is 0.417 e. The summed E-state index contributed by atoms with van der Waals surface area (Å²) in [5.41, 5.74) is -1.04. The summed E-state index contributed by atoms with van der Waals surface area (Å²) in [6.07, 6.45) is -4.07. The van der Waals surface area contributed by atoms with Gasteiger partial charge in [0.15, 0.2) is 0 Å². The van der Waals surface area contributed by atoms with Gasteiger partial charge in [0, 0.05) is 18.8 Å². The number of carboxylic acid groups (broad SMARTS) is 1. The molecule has 0 saturated carbocycles. The van der Waals surface area contributed by atoms with Gasteiger partial charge in [-0.15, -0.1) is 0 Å². The number of carboxylic acids is 1. The van der Waals surface area contributed by atoms with E-state index >= 15 is 0 Å². The van der Waals surface area contributed by atoms with Crippen LogP contribution in [0.5, 0.6) is 0 Å². The topological polar surface area (TPSA) is 87.6 Å². The summed E-state index contributed by atoms with van der Waals surface area (Å²) in [6, 6.07) is 4.27. The van der Waals surface area contributed by atoms with Crippen molar-refractivity contribution in [1.82, 2.24) is 9.29 Å². The number of aliphatic carboxylic acids is 1. The van der Waals surface area contributed by atoms with E-state index in [1.165, 1.54) is 12.1 Å². The van der Waals surface area contributed by atoms with Crippen molar-refractivity contribution in [1.29, 1.82) is 0 Å². The lowest BCUT2D eigenvalue weighted by molar-refractivity contribution is -0.138. The van der Waals surface area contributed by atoms with Crippen molar-refractivity contribution in [3.8, 4) is 11.3 Å². The molecule has 0 fully saturated rings. The molecule has 0 spiro atoms. The predicted octanol–water partition coefficient (Wildman–Crippen LogP) is 3.78. The van der Waals surface area contributed by atoms with Crippen molar-refractivity contribution >= 4 is 39.2 Å². The average Bonchev–Trinajstić information content (AvgIpc) is 2.53. The Bertz CT molecular complexity index is 997. The second-order valence-electron chi connectivity index (χ2n) is 5.35. The maximum atomic E-state index is 12.7. The summed E-state index contributed by atoms with van der Waals surface area (Å²) >= 11 is 11.8. The highest BCUT2D eigenvalue weighted by Gasteiger charge is 2.32. The molecule has 146 valence electrons. The van der Waals surface area contributed by atoms with Crippen molar-refractivity contribution in [2.75, 3.05) is 13.6 Å². The van der Waals surface area contributed by atoms with E-state index in [0.29, 0.717) is 16.6 Å². The van der Waals surface area contributed by atoms with Crippen molar-refractivity contribution in [3.05, 3.63) is 46.1 Å². The minimum absolute atomic E-state index is 0.0846. The Morgan fingerprint density at radius 1 is 1.22 bits per heavy atom. The number of rotatable bonds is 5. The van der Waals surface area contributed by atoms with E-state index in [2.05, 4.69) is 4.98 Å². The fourth-order valence-electron chi connectivity index (χ4n) is 2.10. The molecule has 2 aromatic rings. The van der Waals surface area contributed by atoms with Gasteiger partial charge < -0.3 is 5.11 Å². The average molecular weight is 443 g/mol. The molecular weight excluding hydrogens is 432 g/mol. The molecule has 0 aliphatic rings. The summed E-state index contributed by atoms with van der Waals surface area (Å²) in [4.78, 5) is 14.0. The SMILES string of the molecule is CN(CC(=O)O)S(=O)(=O)c1cc(-c2ncc(C(F)(F)F)cc2Cl)ccc1Cl. The Morgan fingerprint density at radius 2 is 1.85 bits per heavy atom. The predicted molar refractivity (Wildman–Crippen MR) is 92.1 cm³/mol. The standard InChI is InChI=1S/C15H11Cl2F3N2O4S/c1-22(7-13(23)24)27(25,26)12-4-8(2-3-10(12)16)14-11(17)5-9(6-21-14)15(18,19)20/h2-6H,7H2,1H3,(H,23,24). The quantitative estimate of drug-likeness (QED) is 0.760. The van der Waals surface area contributed by atoms with Gasteiger partial charge in [0.05, 0.1) is 21.3 Å². The van der Waals surface area contributed by atoms with E-state index in [0.717, 1.165) is 13.1 Å². The summed E-state index contributed by atoms with van der Waals surface area (Å²) in [7, 11) is -3.22. The molecule has 0 saturated heterocycles. The zero-order valence-corrected chi connectivity index (χ0v) is 15.8. The summed E-state index contributed by atoms with van der Waals surface area (Å²) in [6.45, 7) is -0.803. The Labute approximate surface area is 162 Å². The zero-order valence-electron chi connectivity index (χ0n) is 13.5. The Morgan fingerprint density at radius 3 is 2.37 bits per heavy atom. The van der Waals surface area contributed by atoms with Crippen LogP contribution in [0.2, 0.25) is 10.0 Å². The normalized spacial score (nSPS) is 12.4. The molecule has 0 unspecified atom stereocenters. The molecule has 2 rings (SSSR count). The van der Waals surface area contributed by atoms with Crippen LogP contribution >= 0.6 is 23.2 Å². The third-order valence-electron chi connectivity index (χ3n) is 3.42. The number of nitrogens with zero attached hydrogens (tertiary/aromatic N) is 2. The van der Waals surface area contributed by atoms with Gasteiger partial charge in [-0.25, -0.2) is 8.42 Å². The van der Waals surface area contributed by atoms with Gasteiger partial charge in [0.2, 0.25) is 10.0 Å². The number of halogens is 5. The molecule has 0 radical (unpaired) electrons. The van der Waals surface area contributed by atoms with Gasteiger partial charge in [0.1, 0.15) is 11.4 Å². The van der Waals surface area contributed by atoms with E-state index in [-0.39, 0.29) is 21.3 Å². The molecule has 0 aliphatic carbocycles. The first kappa shape index (κ1) is 21.4. The van der Waals surface area contributed by atoms with E-state index in [4.69, 9.17) is 28.3 Å². The maximum absolute atomic E-state index is 12.7. The highest BCUT2D eigenvalue weighted by atomic mass is 35.5. The zero-order chi connectivity index (χ0) is 20.6. The van der Waals surface area contributed by atoms with Gasteiger partial charge >= 0.3 is 12.1 Å². The van der Waals surface area contributed by atoms with Crippen LogP contribution in [0.25, 0.3) is 11.3 Å². The van der Waals surface area contributed by atoms with Crippen LogP contribution in [0.3, 0.4) is 0 Å². The lowest BCUT2D eigenvalue weighted by Crippen LogP contribution is -2.32. The highest BCUT2D eigenvalue weighted by molar-refractivity contribution is 7.89. The number of aromatic nitrogens is 1. The molecule has 27 heavy (non-hydrogen) atoms. The van der Waals surface area contributed by atoms with Gasteiger partial charge in [-0.05, 0) is 18.2 Å². The number of hydrogen-bond acceptors (Lipinski definition) is 4. The monoisotopic (exact) mass is 442 g/mol. The Hall–Kier alpha value is -1.88. The molecule has 12 heteroatoms. The summed E-state index contributed by atoms with van der Waals surface area (Å²) in [5, 5.41) is 8.23. The number of benzene rings is 1. The van der Waals surface area contributed by atoms with Crippen molar-refractivity contribution in [3.63, 3.8) is 0 Å². The van der Waals surface area contributed by atoms with Crippen LogP contribution < -0.4 is 0 Å². The fourth-order valence-corrected chi connectivity index (χ4v) is 3.99. The minimum atomic E-state index is -4.64. The van der Waals surface area contributed by atoms with Crippen molar-refractivity contribution in [2.45, 2.75) is 11.1 Å². The third kappa shape index (κ3) is 4.70. The molecule has 6 nitrogen and oxygen atoms in total. The van der Waals surface area contributed by atoms with Crippen LogP contribution in [0, 0.1) is 0 Å². The van der Waals surface area contributed by atoms with Gasteiger partial charge in [-0.3, -0.25) is 9.78 Å². The first-order valence-corrected chi connectivity index (χ1v) is 9.24. The van der Waals surface area contributed by atoms with Crippen molar-refractivity contribution in [2.24, 2.45) is 0 Å². The number of hydrogen-bond donors (Lipinski definition) is 1. The molecule has 0 aliphatic heterocycles. The van der Waals surface area contributed by atoms with Crippen LogP contribution in [0.15, 0.2) is 35.4 Å². The molecule has 1 heterocycles. The lowest BCUT2D eigenvalue weighted by atomic mass is 10.1. The number of alkyl halides is 3. The molecule has 1 aromatic heterocycles. The molecule has 1 N–H and O–H groups in total. The largest absolute Gasteiger partial charge is 0.480 e. The maximum Gasteiger partial charge on any atom is 0.417 e. The van der Waals surface area contributed by atoms with Crippen molar-refractivity contribution < 1.29 is 31.5 Å². The molecule has 0 amide bonds. The molecule has 0 atom stereocenters. The fraction of sp³-hybridized carbons (Fsp3) is 0.200. The molecular formula is C15H11Cl2F3N2O4S. The number of carbonyl (C=O) groups is 1. The molecule has 1 aromatic carbocycles. The van der Waals surface area contributed by atoms with Gasteiger partial charge in [-0.2, -0.15) is 17.5 Å². The van der Waals surface area contributed by atoms with Crippen LogP contribution in [0.4, 0.5) is 13.2 Å². The van der Waals surface area contributed by atoms with E-state index < -0.39 is 39.2 Å². The van der Waals surface area contributed by atoms with Gasteiger partial charge in [-0.1, -0.05) is 29.3 Å². The number of sulfonamides is 1. The third-order valence-corrected chi connectivity index (χ3v) is 5.99. The van der Waals surface area contributed by atoms with Crippen LogP contribution in [-0.2, 0) is 21.0 Å². The van der Waals surface area contributed by atoms with Gasteiger partial charge in [0.25, 0.3) is 0 Å². The Kier molecular flexibility index (Phi) is 6.05. The lowest BCUT2D eigenvalue weighted by Gasteiger charge is -2.17. The number of likely N-dealkylation sites (N-methyl/N-ethyl adjacent to an activating group) is 1. The minimum Gasteiger partial charge on any atom is -0.480 e. The summed E-state index contributed by atoms with van der Waals surface area (Å²) in [5.74, 6) is -1.37. The second kappa shape index (κ2) is 7.63. The summed E-state index contributed by atoms with van der Waals surface area (Å²) < 4.78 is 63.8. The van der Waals surface area contributed by atoms with E-state index in [1.54, 1.807) is 0 Å². The highest BCUT2D eigenvalue weighted by Crippen LogP contribution is 2.36. The Balaban J connectivity index is 2.54. The first-order valence-electron chi connectivity index (χ1n) is 7.05. The van der Waals surface area contributed by atoms with E-state index in [1.807, 2.05) is 0 Å². The van der Waals surface area contributed by atoms with E-state index in [9.17, 15) is 26.4 Å².